The molecule has 1 unspecified atom stereocenters. The lowest BCUT2D eigenvalue weighted by Gasteiger charge is -2.32. The second-order valence-electron chi connectivity index (χ2n) is 4.71. The average Bonchev–Trinajstić information content (AvgIpc) is 2.78. The van der Waals surface area contributed by atoms with Crippen LogP contribution >= 0.6 is 0 Å². The van der Waals surface area contributed by atoms with E-state index in [1.807, 2.05) is 6.20 Å². The molecule has 4 nitrogen and oxygen atoms in total. The van der Waals surface area contributed by atoms with Crippen molar-refractivity contribution in [1.82, 2.24) is 15.2 Å². The summed E-state index contributed by atoms with van der Waals surface area (Å²) < 4.78 is 5.66. The van der Waals surface area contributed by atoms with Crippen molar-refractivity contribution in [2.24, 2.45) is 0 Å². The smallest absolute Gasteiger partial charge is 0.208 e. The average molecular weight is 237 g/mol. The van der Waals surface area contributed by atoms with E-state index in [0.29, 0.717) is 6.04 Å². The first-order valence-electron chi connectivity index (χ1n) is 6.71. The lowest BCUT2D eigenvalue weighted by Crippen LogP contribution is -2.45. The van der Waals surface area contributed by atoms with E-state index in [2.05, 4.69) is 29.0 Å². The van der Waals surface area contributed by atoms with E-state index in [0.717, 1.165) is 44.3 Å². The molecule has 0 spiro atoms. The largest absolute Gasteiger partial charge is 0.444 e. The van der Waals surface area contributed by atoms with E-state index in [9.17, 15) is 0 Å². The number of rotatable bonds is 5. The summed E-state index contributed by atoms with van der Waals surface area (Å²) in [4.78, 5) is 6.76. The summed E-state index contributed by atoms with van der Waals surface area (Å²) in [5.41, 5.74) is 0. The minimum Gasteiger partial charge on any atom is -0.444 e. The zero-order valence-corrected chi connectivity index (χ0v) is 10.9. The quantitative estimate of drug-likeness (QED) is 0.848. The van der Waals surface area contributed by atoms with Crippen LogP contribution in [0.25, 0.3) is 0 Å². The Morgan fingerprint density at radius 3 is 3.12 bits per heavy atom. The van der Waals surface area contributed by atoms with E-state index in [4.69, 9.17) is 4.42 Å². The fourth-order valence-corrected chi connectivity index (χ4v) is 2.43. The van der Waals surface area contributed by atoms with Gasteiger partial charge < -0.3 is 9.73 Å². The Bertz CT molecular complexity index is 335. The van der Waals surface area contributed by atoms with E-state index < -0.39 is 0 Å². The Kier molecular flexibility index (Phi) is 4.57. The van der Waals surface area contributed by atoms with Gasteiger partial charge in [-0.2, -0.15) is 0 Å². The Labute approximate surface area is 103 Å². The first-order chi connectivity index (χ1) is 8.31. The van der Waals surface area contributed by atoms with E-state index >= 15 is 0 Å². The predicted octanol–water partition coefficient (Wildman–Crippen LogP) is 1.81. The van der Waals surface area contributed by atoms with Crippen LogP contribution in [0.5, 0.6) is 0 Å². The molecule has 1 aliphatic rings. The highest BCUT2D eigenvalue weighted by molar-refractivity contribution is 4.94. The van der Waals surface area contributed by atoms with Crippen LogP contribution in [0.15, 0.2) is 10.6 Å². The topological polar surface area (TPSA) is 41.3 Å². The monoisotopic (exact) mass is 237 g/mol. The fourth-order valence-electron chi connectivity index (χ4n) is 2.43. The van der Waals surface area contributed by atoms with Crippen molar-refractivity contribution < 1.29 is 4.42 Å². The Hall–Kier alpha value is -0.870. The van der Waals surface area contributed by atoms with Crippen molar-refractivity contribution in [2.45, 2.75) is 45.7 Å². The number of hydrogen-bond donors (Lipinski definition) is 1. The highest BCUT2D eigenvalue weighted by Gasteiger charge is 2.20. The van der Waals surface area contributed by atoms with Gasteiger partial charge in [0.25, 0.3) is 0 Å². The molecule has 1 aliphatic heterocycles. The third-order valence-electron chi connectivity index (χ3n) is 3.31. The molecule has 1 atom stereocenters. The molecule has 1 aromatic heterocycles. The van der Waals surface area contributed by atoms with Crippen LogP contribution in [0.3, 0.4) is 0 Å². The normalized spacial score (nSPS) is 21.9. The van der Waals surface area contributed by atoms with Crippen molar-refractivity contribution >= 4 is 0 Å². The number of aryl methyl sites for hydroxylation is 1. The number of oxazole rings is 1. The summed E-state index contributed by atoms with van der Waals surface area (Å²) >= 11 is 0. The SMILES string of the molecule is CCNC1CCCN(Cc2ncc(CC)o2)C1. The van der Waals surface area contributed by atoms with E-state index in [-0.39, 0.29) is 0 Å². The van der Waals surface area contributed by atoms with Gasteiger partial charge in [-0.1, -0.05) is 13.8 Å². The minimum atomic E-state index is 0.634. The zero-order valence-electron chi connectivity index (χ0n) is 10.9. The standard InChI is InChI=1S/C13H23N3O/c1-3-12-8-15-13(17-12)10-16-7-5-6-11(9-16)14-4-2/h8,11,14H,3-7,9-10H2,1-2H3. The first-order valence-corrected chi connectivity index (χ1v) is 6.71. The van der Waals surface area contributed by atoms with E-state index in [1.54, 1.807) is 0 Å². The van der Waals surface area contributed by atoms with Gasteiger partial charge in [-0.15, -0.1) is 0 Å². The van der Waals surface area contributed by atoms with Gasteiger partial charge in [0.1, 0.15) is 5.76 Å². The van der Waals surface area contributed by atoms with Crippen LogP contribution in [0, 0.1) is 0 Å². The summed E-state index contributed by atoms with van der Waals surface area (Å²) in [6, 6.07) is 0.634. The number of likely N-dealkylation sites (tertiary alicyclic amines) is 1. The van der Waals surface area contributed by atoms with Gasteiger partial charge in [-0.05, 0) is 25.9 Å². The Balaban J connectivity index is 1.85. The van der Waals surface area contributed by atoms with Gasteiger partial charge in [0.2, 0.25) is 5.89 Å². The van der Waals surface area contributed by atoms with Gasteiger partial charge in [-0.25, -0.2) is 4.98 Å². The maximum atomic E-state index is 5.66. The second kappa shape index (κ2) is 6.17. The third kappa shape index (κ3) is 3.54. The maximum absolute atomic E-state index is 5.66. The third-order valence-corrected chi connectivity index (χ3v) is 3.31. The molecule has 1 aromatic rings. The minimum absolute atomic E-state index is 0.634. The molecule has 0 aliphatic carbocycles. The van der Waals surface area contributed by atoms with Gasteiger partial charge in [0.05, 0.1) is 12.7 Å². The predicted molar refractivity (Wildman–Crippen MR) is 67.9 cm³/mol. The Morgan fingerprint density at radius 1 is 1.53 bits per heavy atom. The molecule has 0 aromatic carbocycles. The number of nitrogens with zero attached hydrogens (tertiary/aromatic N) is 2. The number of likely N-dealkylation sites (N-methyl/N-ethyl adjacent to an activating group) is 1. The molecule has 0 bridgehead atoms. The van der Waals surface area contributed by atoms with Crippen molar-refractivity contribution in [3.63, 3.8) is 0 Å². The first kappa shape index (κ1) is 12.6. The van der Waals surface area contributed by atoms with Crippen LogP contribution in [0.1, 0.15) is 38.3 Å². The van der Waals surface area contributed by atoms with Crippen molar-refractivity contribution in [2.75, 3.05) is 19.6 Å². The van der Waals surface area contributed by atoms with E-state index in [1.165, 1.54) is 12.8 Å². The highest BCUT2D eigenvalue weighted by atomic mass is 16.4. The van der Waals surface area contributed by atoms with Crippen LogP contribution in [0.2, 0.25) is 0 Å². The molecule has 1 saturated heterocycles. The molecular weight excluding hydrogens is 214 g/mol. The molecule has 0 saturated carbocycles. The Morgan fingerprint density at radius 2 is 2.41 bits per heavy atom. The molecule has 2 heterocycles. The maximum Gasteiger partial charge on any atom is 0.208 e. The number of piperidine rings is 1. The fraction of sp³-hybridized carbons (Fsp3) is 0.769. The van der Waals surface area contributed by atoms with Crippen LogP contribution in [-0.2, 0) is 13.0 Å². The highest BCUT2D eigenvalue weighted by Crippen LogP contribution is 2.14. The van der Waals surface area contributed by atoms with Crippen molar-refractivity contribution in [1.29, 1.82) is 0 Å². The summed E-state index contributed by atoms with van der Waals surface area (Å²) in [6.07, 6.45) is 5.32. The molecule has 1 fully saturated rings. The molecule has 96 valence electrons. The molecule has 17 heavy (non-hydrogen) atoms. The van der Waals surface area contributed by atoms with Gasteiger partial charge in [0.15, 0.2) is 0 Å². The van der Waals surface area contributed by atoms with Gasteiger partial charge in [0, 0.05) is 19.0 Å². The molecule has 1 N–H and O–H groups in total. The molecule has 0 amide bonds. The summed E-state index contributed by atoms with van der Waals surface area (Å²) in [7, 11) is 0. The summed E-state index contributed by atoms with van der Waals surface area (Å²) in [5, 5.41) is 3.52. The molecule has 4 heteroatoms. The van der Waals surface area contributed by atoms with Gasteiger partial charge in [-0.3, -0.25) is 4.90 Å². The van der Waals surface area contributed by atoms with Crippen LogP contribution in [0.4, 0.5) is 0 Å². The van der Waals surface area contributed by atoms with Crippen LogP contribution < -0.4 is 5.32 Å². The summed E-state index contributed by atoms with van der Waals surface area (Å²) in [6.45, 7) is 8.43. The second-order valence-corrected chi connectivity index (χ2v) is 4.71. The summed E-state index contributed by atoms with van der Waals surface area (Å²) in [5.74, 6) is 1.85. The van der Waals surface area contributed by atoms with Crippen molar-refractivity contribution in [3.8, 4) is 0 Å². The zero-order chi connectivity index (χ0) is 12.1. The van der Waals surface area contributed by atoms with Crippen molar-refractivity contribution in [3.05, 3.63) is 17.8 Å². The van der Waals surface area contributed by atoms with Gasteiger partial charge >= 0.3 is 0 Å². The molecule has 2 rings (SSSR count). The van der Waals surface area contributed by atoms with Crippen LogP contribution in [-0.4, -0.2) is 35.6 Å². The lowest BCUT2D eigenvalue weighted by atomic mass is 10.1. The lowest BCUT2D eigenvalue weighted by molar-refractivity contribution is 0.169. The molecule has 0 radical (unpaired) electrons. The number of aromatic nitrogens is 1. The number of nitrogens with one attached hydrogen (secondary N) is 1. The molecular formula is C13H23N3O. The number of hydrogen-bond acceptors (Lipinski definition) is 4.